The van der Waals surface area contributed by atoms with Gasteiger partial charge >= 0.3 is 5.97 Å². The van der Waals surface area contributed by atoms with Crippen LogP contribution in [0.25, 0.3) is 0 Å². The number of hydrogen-bond donors (Lipinski definition) is 2. The number of rotatable bonds is 1. The second kappa shape index (κ2) is 2.69. The van der Waals surface area contributed by atoms with Crippen LogP contribution in [0.15, 0.2) is 15.3 Å². The summed E-state index contributed by atoms with van der Waals surface area (Å²) >= 11 is 0. The van der Waals surface area contributed by atoms with Crippen LogP contribution in [0.3, 0.4) is 0 Å². The van der Waals surface area contributed by atoms with Crippen molar-refractivity contribution in [1.29, 1.82) is 0 Å². The predicted molar refractivity (Wildman–Crippen MR) is 41.1 cm³/mol. The first-order chi connectivity index (χ1) is 5.52. The second-order valence-corrected chi connectivity index (χ2v) is 2.27. The summed E-state index contributed by atoms with van der Waals surface area (Å²) in [5, 5.41) is 8.50. The van der Waals surface area contributed by atoms with E-state index in [0.29, 0.717) is 5.76 Å². The zero-order valence-corrected chi connectivity index (χ0v) is 6.33. The van der Waals surface area contributed by atoms with Gasteiger partial charge in [-0.1, -0.05) is 0 Å². The van der Waals surface area contributed by atoms with Gasteiger partial charge in [0.2, 0.25) is 11.3 Å². The summed E-state index contributed by atoms with van der Waals surface area (Å²) in [5.74, 6) is -1.43. The molecule has 12 heavy (non-hydrogen) atoms. The quantitative estimate of drug-likeness (QED) is 0.627. The second-order valence-electron chi connectivity index (χ2n) is 2.27. The van der Waals surface area contributed by atoms with Crippen LogP contribution in [0.4, 0.5) is 5.88 Å². The lowest BCUT2D eigenvalue weighted by atomic mass is 10.2. The molecule has 0 atom stereocenters. The van der Waals surface area contributed by atoms with Crippen molar-refractivity contribution in [2.45, 2.75) is 6.92 Å². The minimum atomic E-state index is -1.37. The Kier molecular flexibility index (Phi) is 1.86. The molecular formula is C7H7NO4. The van der Waals surface area contributed by atoms with Crippen molar-refractivity contribution in [3.8, 4) is 0 Å². The molecule has 1 aromatic heterocycles. The highest BCUT2D eigenvalue weighted by atomic mass is 16.4. The summed E-state index contributed by atoms with van der Waals surface area (Å²) in [4.78, 5) is 21.4. The third kappa shape index (κ3) is 1.29. The van der Waals surface area contributed by atoms with E-state index in [9.17, 15) is 9.59 Å². The Morgan fingerprint density at radius 1 is 1.67 bits per heavy atom. The average Bonchev–Trinajstić information content (AvgIpc) is 1.82. The zero-order valence-electron chi connectivity index (χ0n) is 6.33. The van der Waals surface area contributed by atoms with Gasteiger partial charge in [-0.15, -0.1) is 0 Å². The first kappa shape index (κ1) is 8.32. The molecule has 0 aromatic carbocycles. The third-order valence-corrected chi connectivity index (χ3v) is 1.31. The van der Waals surface area contributed by atoms with Crippen LogP contribution in [0.5, 0.6) is 0 Å². The summed E-state index contributed by atoms with van der Waals surface area (Å²) in [6.07, 6.45) is 0. The van der Waals surface area contributed by atoms with Crippen molar-refractivity contribution in [2.75, 3.05) is 5.73 Å². The fourth-order valence-corrected chi connectivity index (χ4v) is 0.843. The zero-order chi connectivity index (χ0) is 9.30. The number of aromatic carboxylic acids is 1. The summed E-state index contributed by atoms with van der Waals surface area (Å²) in [7, 11) is 0. The van der Waals surface area contributed by atoms with Crippen LogP contribution in [-0.2, 0) is 0 Å². The Bertz CT molecular complexity index is 379. The van der Waals surface area contributed by atoms with Gasteiger partial charge < -0.3 is 15.3 Å². The van der Waals surface area contributed by atoms with E-state index in [0.717, 1.165) is 6.07 Å². The van der Waals surface area contributed by atoms with Crippen molar-refractivity contribution in [3.05, 3.63) is 27.6 Å². The molecule has 0 fully saturated rings. The molecule has 0 aliphatic rings. The van der Waals surface area contributed by atoms with Crippen molar-refractivity contribution < 1.29 is 14.3 Å². The van der Waals surface area contributed by atoms with Gasteiger partial charge in [0.25, 0.3) is 0 Å². The number of carboxylic acid groups (broad SMARTS) is 1. The van der Waals surface area contributed by atoms with Crippen molar-refractivity contribution in [2.24, 2.45) is 0 Å². The number of nitrogens with two attached hydrogens (primary N) is 1. The first-order valence-electron chi connectivity index (χ1n) is 3.16. The van der Waals surface area contributed by atoms with Crippen molar-refractivity contribution in [3.63, 3.8) is 0 Å². The van der Waals surface area contributed by atoms with Gasteiger partial charge in [-0.25, -0.2) is 4.79 Å². The lowest BCUT2D eigenvalue weighted by Crippen LogP contribution is -2.16. The molecular weight excluding hydrogens is 162 g/mol. The molecule has 1 aromatic rings. The maximum Gasteiger partial charge on any atom is 0.345 e. The molecule has 0 radical (unpaired) electrons. The lowest BCUT2D eigenvalue weighted by molar-refractivity contribution is 0.0694. The summed E-state index contributed by atoms with van der Waals surface area (Å²) in [6.45, 7) is 1.52. The molecule has 0 unspecified atom stereocenters. The van der Waals surface area contributed by atoms with Crippen LogP contribution in [-0.4, -0.2) is 11.1 Å². The molecule has 0 spiro atoms. The Balaban J connectivity index is 3.49. The summed E-state index contributed by atoms with van der Waals surface area (Å²) < 4.78 is 4.75. The summed E-state index contributed by atoms with van der Waals surface area (Å²) in [6, 6.07) is 1.08. The number of carbonyl (C=O) groups is 1. The molecule has 5 nitrogen and oxygen atoms in total. The maximum atomic E-state index is 11.0. The number of aryl methyl sites for hydroxylation is 1. The molecule has 3 N–H and O–H groups in total. The minimum absolute atomic E-state index is 0.294. The van der Waals surface area contributed by atoms with E-state index in [1.165, 1.54) is 6.92 Å². The van der Waals surface area contributed by atoms with Crippen molar-refractivity contribution >= 4 is 11.9 Å². The van der Waals surface area contributed by atoms with Gasteiger partial charge in [0.1, 0.15) is 5.76 Å². The van der Waals surface area contributed by atoms with E-state index in [4.69, 9.17) is 15.3 Å². The smallest absolute Gasteiger partial charge is 0.345 e. The van der Waals surface area contributed by atoms with E-state index >= 15 is 0 Å². The average molecular weight is 169 g/mol. The molecule has 0 aliphatic carbocycles. The van der Waals surface area contributed by atoms with Gasteiger partial charge in [-0.3, -0.25) is 4.79 Å². The highest BCUT2D eigenvalue weighted by Gasteiger charge is 2.14. The SMILES string of the molecule is Cc1cc(=O)c(C(=O)O)c(N)o1. The Hall–Kier alpha value is -1.78. The van der Waals surface area contributed by atoms with E-state index in [1.807, 2.05) is 0 Å². The Labute approximate surface area is 67.4 Å². The molecule has 5 heteroatoms. The number of hydrogen-bond acceptors (Lipinski definition) is 4. The molecule has 0 bridgehead atoms. The fourth-order valence-electron chi connectivity index (χ4n) is 0.843. The molecule has 64 valence electrons. The standard InChI is InChI=1S/C7H7NO4/c1-3-2-4(9)5(7(10)11)6(8)12-3/h2H,8H2,1H3,(H,10,11). The third-order valence-electron chi connectivity index (χ3n) is 1.31. The number of carboxylic acids is 1. The largest absolute Gasteiger partial charge is 0.477 e. The fraction of sp³-hybridized carbons (Fsp3) is 0.143. The monoisotopic (exact) mass is 169 g/mol. The Morgan fingerprint density at radius 3 is 2.67 bits per heavy atom. The molecule has 1 rings (SSSR count). The van der Waals surface area contributed by atoms with Gasteiger partial charge in [0, 0.05) is 6.07 Å². The van der Waals surface area contributed by atoms with Crippen molar-refractivity contribution in [1.82, 2.24) is 0 Å². The normalized spacial score (nSPS) is 9.75. The van der Waals surface area contributed by atoms with Gasteiger partial charge in [0.15, 0.2) is 5.56 Å². The van der Waals surface area contributed by atoms with E-state index < -0.39 is 17.0 Å². The van der Waals surface area contributed by atoms with E-state index in [2.05, 4.69) is 0 Å². The molecule has 0 amide bonds. The van der Waals surface area contributed by atoms with E-state index in [-0.39, 0.29) is 5.88 Å². The molecule has 0 aliphatic heterocycles. The predicted octanol–water partition coefficient (Wildman–Crippen LogP) is 0.229. The van der Waals surface area contributed by atoms with Crippen LogP contribution in [0, 0.1) is 6.92 Å². The van der Waals surface area contributed by atoms with Crippen LogP contribution >= 0.6 is 0 Å². The van der Waals surface area contributed by atoms with E-state index in [1.54, 1.807) is 0 Å². The molecule has 0 saturated heterocycles. The van der Waals surface area contributed by atoms with Gasteiger partial charge in [-0.05, 0) is 6.92 Å². The number of nitrogen functional groups attached to an aromatic ring is 1. The highest BCUT2D eigenvalue weighted by Crippen LogP contribution is 2.08. The highest BCUT2D eigenvalue weighted by molar-refractivity contribution is 5.91. The van der Waals surface area contributed by atoms with Gasteiger partial charge in [-0.2, -0.15) is 0 Å². The molecule has 0 saturated carbocycles. The maximum absolute atomic E-state index is 11.0. The summed E-state index contributed by atoms with van der Waals surface area (Å²) in [5.41, 5.74) is 4.03. The molecule has 1 heterocycles. The van der Waals surface area contributed by atoms with Crippen LogP contribution < -0.4 is 11.2 Å². The van der Waals surface area contributed by atoms with Gasteiger partial charge in [0.05, 0.1) is 0 Å². The van der Waals surface area contributed by atoms with Crippen LogP contribution in [0.1, 0.15) is 16.1 Å². The minimum Gasteiger partial charge on any atom is -0.477 e. The lowest BCUT2D eigenvalue weighted by Gasteiger charge is -1.98. The Morgan fingerprint density at radius 2 is 2.25 bits per heavy atom. The van der Waals surface area contributed by atoms with Crippen LogP contribution in [0.2, 0.25) is 0 Å². The topological polar surface area (TPSA) is 93.5 Å². The first-order valence-corrected chi connectivity index (χ1v) is 3.16. The number of anilines is 1.